The molecular weight excluding hydrogens is 735 g/mol. The molecular formula is C60H41N. The van der Waals surface area contributed by atoms with E-state index in [-0.39, 0.29) is 0 Å². The molecule has 0 aliphatic heterocycles. The average molecular weight is 776 g/mol. The summed E-state index contributed by atoms with van der Waals surface area (Å²) in [6.45, 7) is 0. The van der Waals surface area contributed by atoms with Crippen LogP contribution in [0.4, 0.5) is 17.1 Å². The van der Waals surface area contributed by atoms with Gasteiger partial charge >= 0.3 is 0 Å². The summed E-state index contributed by atoms with van der Waals surface area (Å²) >= 11 is 0. The highest BCUT2D eigenvalue weighted by Gasteiger charge is 2.26. The fourth-order valence-electron chi connectivity index (χ4n) is 9.37. The summed E-state index contributed by atoms with van der Waals surface area (Å²) in [6.07, 6.45) is 0. The van der Waals surface area contributed by atoms with Crippen LogP contribution in [0.5, 0.6) is 0 Å². The minimum atomic E-state index is 1.10. The molecule has 0 aliphatic rings. The van der Waals surface area contributed by atoms with Crippen LogP contribution in [-0.4, -0.2) is 0 Å². The highest BCUT2D eigenvalue weighted by Crippen LogP contribution is 2.53. The van der Waals surface area contributed by atoms with E-state index in [2.05, 4.69) is 254 Å². The van der Waals surface area contributed by atoms with Crippen LogP contribution in [0.2, 0.25) is 0 Å². The summed E-state index contributed by atoms with van der Waals surface area (Å²) in [7, 11) is 0. The number of benzene rings is 11. The van der Waals surface area contributed by atoms with Gasteiger partial charge < -0.3 is 4.90 Å². The van der Waals surface area contributed by atoms with Gasteiger partial charge in [0.2, 0.25) is 0 Å². The molecule has 0 saturated heterocycles. The van der Waals surface area contributed by atoms with E-state index in [4.69, 9.17) is 0 Å². The fraction of sp³-hybridized carbons (Fsp3) is 0. The zero-order valence-corrected chi connectivity index (χ0v) is 33.6. The van der Waals surface area contributed by atoms with Crippen LogP contribution in [0.25, 0.3) is 88.0 Å². The average Bonchev–Trinajstić information content (AvgIpc) is 3.34. The van der Waals surface area contributed by atoms with Crippen LogP contribution in [0.3, 0.4) is 0 Å². The number of anilines is 3. The van der Waals surface area contributed by atoms with E-state index < -0.39 is 0 Å². The third-order valence-electron chi connectivity index (χ3n) is 12.0. The maximum absolute atomic E-state index is 2.43. The van der Waals surface area contributed by atoms with Crippen molar-refractivity contribution < 1.29 is 0 Å². The normalized spacial score (nSPS) is 11.3. The Bertz CT molecular complexity index is 3230. The second kappa shape index (κ2) is 15.6. The second-order valence-electron chi connectivity index (χ2n) is 15.6. The van der Waals surface area contributed by atoms with E-state index in [9.17, 15) is 0 Å². The lowest BCUT2D eigenvalue weighted by Gasteiger charge is -2.28. The molecule has 0 saturated carbocycles. The first-order chi connectivity index (χ1) is 30.3. The molecule has 286 valence electrons. The molecule has 61 heavy (non-hydrogen) atoms. The summed E-state index contributed by atoms with van der Waals surface area (Å²) in [5.74, 6) is 0. The topological polar surface area (TPSA) is 3.24 Å². The van der Waals surface area contributed by atoms with Crippen molar-refractivity contribution in [1.82, 2.24) is 0 Å². The molecule has 0 aromatic heterocycles. The Balaban J connectivity index is 1.21. The molecule has 0 N–H and O–H groups in total. The SMILES string of the molecule is c1ccc(-c2c(-c3ccccc3)c(-c3ccccc3)c3c(-c4ccc(N(c5cccc6ccccc56)c5cccc6ccccc56)cc4)cccc3c2-c2ccccc2)cc1. The van der Waals surface area contributed by atoms with Gasteiger partial charge in [-0.05, 0) is 101 Å². The first-order valence-corrected chi connectivity index (χ1v) is 21.0. The van der Waals surface area contributed by atoms with Crippen molar-refractivity contribution in [3.05, 3.63) is 249 Å². The quantitative estimate of drug-likeness (QED) is 0.149. The van der Waals surface area contributed by atoms with Gasteiger partial charge in [-0.15, -0.1) is 0 Å². The van der Waals surface area contributed by atoms with E-state index in [1.54, 1.807) is 0 Å². The van der Waals surface area contributed by atoms with Crippen LogP contribution >= 0.6 is 0 Å². The zero-order valence-electron chi connectivity index (χ0n) is 33.6. The molecule has 1 nitrogen and oxygen atoms in total. The summed E-state index contributed by atoms with van der Waals surface area (Å²) in [5, 5.41) is 7.30. The lowest BCUT2D eigenvalue weighted by Crippen LogP contribution is -2.11. The molecule has 0 aliphatic carbocycles. The van der Waals surface area contributed by atoms with Gasteiger partial charge in [0.05, 0.1) is 11.4 Å². The number of fused-ring (bicyclic) bond motifs is 3. The number of hydrogen-bond acceptors (Lipinski definition) is 1. The van der Waals surface area contributed by atoms with Crippen molar-refractivity contribution >= 4 is 49.4 Å². The van der Waals surface area contributed by atoms with Crippen LogP contribution in [-0.2, 0) is 0 Å². The van der Waals surface area contributed by atoms with Gasteiger partial charge in [0.1, 0.15) is 0 Å². The van der Waals surface area contributed by atoms with Gasteiger partial charge in [-0.3, -0.25) is 0 Å². The van der Waals surface area contributed by atoms with E-state index in [1.165, 1.54) is 82.4 Å². The van der Waals surface area contributed by atoms with Gasteiger partial charge in [-0.2, -0.15) is 0 Å². The third kappa shape index (κ3) is 6.45. The van der Waals surface area contributed by atoms with Crippen LogP contribution in [0.15, 0.2) is 249 Å². The molecule has 0 atom stereocenters. The molecule has 11 aromatic rings. The van der Waals surface area contributed by atoms with Crippen molar-refractivity contribution in [1.29, 1.82) is 0 Å². The number of rotatable bonds is 8. The Morgan fingerprint density at radius 2 is 0.607 bits per heavy atom. The van der Waals surface area contributed by atoms with E-state index in [0.29, 0.717) is 0 Å². The van der Waals surface area contributed by atoms with Crippen molar-refractivity contribution in [2.24, 2.45) is 0 Å². The van der Waals surface area contributed by atoms with Crippen molar-refractivity contribution in [3.8, 4) is 55.6 Å². The predicted octanol–water partition coefficient (Wildman–Crippen LogP) is 17.0. The molecule has 0 radical (unpaired) electrons. The second-order valence-corrected chi connectivity index (χ2v) is 15.6. The Hall–Kier alpha value is -8.00. The summed E-state index contributed by atoms with van der Waals surface area (Å²) < 4.78 is 0. The Labute approximate surface area is 357 Å². The standard InChI is InChI=1S/C60H41N/c1-5-22-45(23-6-1)56-53-35-19-34-52(60(53)59(48-28-11-4-12-29-48)58(47-26-9-3-10-27-47)57(56)46-24-7-2-8-25-46)44-38-40-49(41-39-44)61(54-36-17-30-42-20-13-15-32-50(42)54)55-37-18-31-43-21-14-16-33-51(43)55/h1-41H. The lowest BCUT2D eigenvalue weighted by atomic mass is 9.77. The summed E-state index contributed by atoms with van der Waals surface area (Å²) in [6, 6.07) is 90.5. The van der Waals surface area contributed by atoms with Crippen molar-refractivity contribution in [2.75, 3.05) is 4.90 Å². The van der Waals surface area contributed by atoms with Gasteiger partial charge in [0, 0.05) is 16.5 Å². The van der Waals surface area contributed by atoms with Gasteiger partial charge in [-0.1, -0.05) is 224 Å². The summed E-state index contributed by atoms with van der Waals surface area (Å²) in [4.78, 5) is 2.43. The molecule has 0 bridgehead atoms. The van der Waals surface area contributed by atoms with Gasteiger partial charge in [0.15, 0.2) is 0 Å². The third-order valence-corrected chi connectivity index (χ3v) is 12.0. The lowest BCUT2D eigenvalue weighted by molar-refractivity contribution is 1.31. The molecule has 0 amide bonds. The number of hydrogen-bond donors (Lipinski definition) is 0. The molecule has 0 unspecified atom stereocenters. The van der Waals surface area contributed by atoms with Crippen LogP contribution in [0.1, 0.15) is 0 Å². The molecule has 11 aromatic carbocycles. The van der Waals surface area contributed by atoms with Crippen LogP contribution in [0, 0.1) is 0 Å². The minimum Gasteiger partial charge on any atom is -0.309 e. The van der Waals surface area contributed by atoms with Gasteiger partial charge in [-0.25, -0.2) is 0 Å². The van der Waals surface area contributed by atoms with E-state index in [0.717, 1.165) is 22.6 Å². The minimum absolute atomic E-state index is 1.10. The largest absolute Gasteiger partial charge is 0.309 e. The molecule has 0 fully saturated rings. The number of nitrogens with zero attached hydrogens (tertiary/aromatic N) is 1. The van der Waals surface area contributed by atoms with Gasteiger partial charge in [0.25, 0.3) is 0 Å². The maximum Gasteiger partial charge on any atom is 0.0540 e. The Kier molecular flexibility index (Phi) is 9.26. The fourth-order valence-corrected chi connectivity index (χ4v) is 9.37. The zero-order chi connectivity index (χ0) is 40.5. The molecule has 11 rings (SSSR count). The molecule has 0 spiro atoms. The molecule has 1 heteroatoms. The monoisotopic (exact) mass is 775 g/mol. The van der Waals surface area contributed by atoms with Crippen LogP contribution < -0.4 is 4.90 Å². The van der Waals surface area contributed by atoms with E-state index in [1.807, 2.05) is 0 Å². The first kappa shape index (κ1) is 36.1. The maximum atomic E-state index is 2.43. The highest BCUT2D eigenvalue weighted by atomic mass is 15.1. The first-order valence-electron chi connectivity index (χ1n) is 21.0. The highest BCUT2D eigenvalue weighted by molar-refractivity contribution is 6.22. The summed E-state index contributed by atoms with van der Waals surface area (Å²) in [5.41, 5.74) is 15.4. The Morgan fingerprint density at radius 1 is 0.230 bits per heavy atom. The molecule has 0 heterocycles. The van der Waals surface area contributed by atoms with Crippen molar-refractivity contribution in [3.63, 3.8) is 0 Å². The smallest absolute Gasteiger partial charge is 0.0540 e. The van der Waals surface area contributed by atoms with E-state index >= 15 is 0 Å². The Morgan fingerprint density at radius 3 is 1.11 bits per heavy atom. The predicted molar refractivity (Wildman–Crippen MR) is 261 cm³/mol. The van der Waals surface area contributed by atoms with Crippen molar-refractivity contribution in [2.45, 2.75) is 0 Å².